The monoisotopic (exact) mass is 205 g/mol. The topological polar surface area (TPSA) is 43.8 Å². The van der Waals surface area contributed by atoms with Crippen molar-refractivity contribution < 1.29 is 0 Å². The Morgan fingerprint density at radius 1 is 1.47 bits per heavy atom. The zero-order valence-corrected chi connectivity index (χ0v) is 9.42. The van der Waals surface area contributed by atoms with Crippen LogP contribution in [-0.4, -0.2) is 15.1 Å². The van der Waals surface area contributed by atoms with Crippen molar-refractivity contribution in [2.24, 2.45) is 5.73 Å². The number of nitrogens with two attached hydrogens (primary N) is 1. The summed E-state index contributed by atoms with van der Waals surface area (Å²) in [5, 5.41) is 0. The van der Waals surface area contributed by atoms with E-state index in [1.54, 1.807) is 0 Å². The zero-order chi connectivity index (χ0) is 10.5. The molecule has 3 rings (SSSR count). The second kappa shape index (κ2) is 3.08. The minimum atomic E-state index is 0.167. The Morgan fingerprint density at radius 3 is 2.93 bits per heavy atom. The summed E-state index contributed by atoms with van der Waals surface area (Å²) < 4.78 is 2.38. The molecule has 0 atom stereocenters. The predicted molar refractivity (Wildman–Crippen MR) is 59.8 cm³/mol. The van der Waals surface area contributed by atoms with Crippen LogP contribution in [0.2, 0.25) is 0 Å². The Hall–Kier alpha value is -0.830. The number of imidazole rings is 1. The van der Waals surface area contributed by atoms with Gasteiger partial charge in [-0.3, -0.25) is 0 Å². The first-order valence-electron chi connectivity index (χ1n) is 6.02. The molecule has 0 saturated heterocycles. The van der Waals surface area contributed by atoms with Crippen molar-refractivity contribution in [2.45, 2.75) is 57.5 Å². The van der Waals surface area contributed by atoms with Crippen LogP contribution in [0, 0.1) is 6.92 Å². The van der Waals surface area contributed by atoms with Gasteiger partial charge < -0.3 is 10.3 Å². The summed E-state index contributed by atoms with van der Waals surface area (Å²) in [5.74, 6) is 1.30. The summed E-state index contributed by atoms with van der Waals surface area (Å²) in [6.45, 7) is 3.37. The van der Waals surface area contributed by atoms with Gasteiger partial charge in [0, 0.05) is 24.2 Å². The lowest BCUT2D eigenvalue weighted by Gasteiger charge is -2.07. The average Bonchev–Trinajstić information content (AvgIpc) is 2.69. The second-order valence-corrected chi connectivity index (χ2v) is 5.18. The molecule has 0 aromatic carbocycles. The summed E-state index contributed by atoms with van der Waals surface area (Å²) >= 11 is 0. The first-order chi connectivity index (χ1) is 7.18. The Bertz CT molecular complexity index is 388. The average molecular weight is 205 g/mol. The fourth-order valence-electron chi connectivity index (χ4n) is 2.54. The smallest absolute Gasteiger partial charge is 0.109 e. The summed E-state index contributed by atoms with van der Waals surface area (Å²) in [7, 11) is 0. The van der Waals surface area contributed by atoms with Crippen LogP contribution in [0.15, 0.2) is 0 Å². The molecule has 1 aliphatic carbocycles. The molecule has 3 nitrogen and oxygen atoms in total. The first-order valence-corrected chi connectivity index (χ1v) is 6.02. The van der Waals surface area contributed by atoms with Gasteiger partial charge in [-0.05, 0) is 39.0 Å². The maximum Gasteiger partial charge on any atom is 0.109 e. The summed E-state index contributed by atoms with van der Waals surface area (Å²) in [6.07, 6.45) is 7.03. The third-order valence-electron chi connectivity index (χ3n) is 3.93. The van der Waals surface area contributed by atoms with E-state index >= 15 is 0 Å². The van der Waals surface area contributed by atoms with Crippen LogP contribution in [0.4, 0.5) is 0 Å². The van der Waals surface area contributed by atoms with Gasteiger partial charge in [-0.2, -0.15) is 0 Å². The van der Waals surface area contributed by atoms with Gasteiger partial charge in [-0.15, -0.1) is 0 Å². The molecule has 3 heteroatoms. The minimum absolute atomic E-state index is 0.167. The molecule has 0 unspecified atom stereocenters. The van der Waals surface area contributed by atoms with Crippen molar-refractivity contribution >= 4 is 0 Å². The Labute approximate surface area is 90.7 Å². The van der Waals surface area contributed by atoms with E-state index in [-0.39, 0.29) is 5.54 Å². The van der Waals surface area contributed by atoms with Gasteiger partial charge in [0.25, 0.3) is 0 Å². The SMILES string of the molecule is Cc1c(CCC2(N)CC2)nc2n1CCC2. The van der Waals surface area contributed by atoms with Gasteiger partial charge in [0.1, 0.15) is 5.82 Å². The summed E-state index contributed by atoms with van der Waals surface area (Å²) in [4.78, 5) is 4.73. The van der Waals surface area contributed by atoms with Gasteiger partial charge in [-0.25, -0.2) is 4.98 Å². The van der Waals surface area contributed by atoms with Crippen LogP contribution < -0.4 is 5.73 Å². The molecule has 0 radical (unpaired) electrons. The number of nitrogens with zero attached hydrogens (tertiary/aromatic N) is 2. The Morgan fingerprint density at radius 2 is 2.27 bits per heavy atom. The van der Waals surface area contributed by atoms with Gasteiger partial charge >= 0.3 is 0 Å². The highest BCUT2D eigenvalue weighted by atomic mass is 15.1. The molecule has 2 N–H and O–H groups in total. The molecule has 0 bridgehead atoms. The lowest BCUT2D eigenvalue weighted by atomic mass is 10.1. The molecule has 15 heavy (non-hydrogen) atoms. The van der Waals surface area contributed by atoms with Crippen LogP contribution in [0.25, 0.3) is 0 Å². The molecule has 1 fully saturated rings. The van der Waals surface area contributed by atoms with E-state index in [1.165, 1.54) is 43.0 Å². The molecular formula is C12H19N3. The number of hydrogen-bond donors (Lipinski definition) is 1. The highest BCUT2D eigenvalue weighted by molar-refractivity contribution is 5.19. The van der Waals surface area contributed by atoms with E-state index in [0.717, 1.165) is 19.3 Å². The number of hydrogen-bond acceptors (Lipinski definition) is 2. The van der Waals surface area contributed by atoms with E-state index in [2.05, 4.69) is 11.5 Å². The molecule has 1 aromatic heterocycles. The van der Waals surface area contributed by atoms with Crippen molar-refractivity contribution in [1.29, 1.82) is 0 Å². The maximum absolute atomic E-state index is 6.10. The van der Waals surface area contributed by atoms with Crippen LogP contribution in [0.5, 0.6) is 0 Å². The van der Waals surface area contributed by atoms with E-state index < -0.39 is 0 Å². The van der Waals surface area contributed by atoms with Crippen LogP contribution in [0.3, 0.4) is 0 Å². The van der Waals surface area contributed by atoms with Gasteiger partial charge in [-0.1, -0.05) is 0 Å². The fourth-order valence-corrected chi connectivity index (χ4v) is 2.54. The van der Waals surface area contributed by atoms with E-state index in [0.29, 0.717) is 0 Å². The fraction of sp³-hybridized carbons (Fsp3) is 0.750. The van der Waals surface area contributed by atoms with Crippen LogP contribution in [-0.2, 0) is 19.4 Å². The molecule has 0 spiro atoms. The molecule has 82 valence electrons. The molecule has 1 saturated carbocycles. The molecule has 2 aliphatic rings. The van der Waals surface area contributed by atoms with Gasteiger partial charge in [0.05, 0.1) is 5.69 Å². The van der Waals surface area contributed by atoms with Crippen molar-refractivity contribution in [3.63, 3.8) is 0 Å². The molecule has 1 aromatic rings. The number of aromatic nitrogens is 2. The molecule has 1 aliphatic heterocycles. The normalized spacial score (nSPS) is 21.7. The van der Waals surface area contributed by atoms with Crippen molar-refractivity contribution in [1.82, 2.24) is 9.55 Å². The van der Waals surface area contributed by atoms with Crippen LogP contribution >= 0.6 is 0 Å². The Kier molecular flexibility index (Phi) is 1.93. The molecule has 2 heterocycles. The third kappa shape index (κ3) is 1.59. The second-order valence-electron chi connectivity index (χ2n) is 5.18. The quantitative estimate of drug-likeness (QED) is 0.814. The van der Waals surface area contributed by atoms with Crippen LogP contribution in [0.1, 0.15) is 42.9 Å². The van der Waals surface area contributed by atoms with Crippen molar-refractivity contribution in [3.05, 3.63) is 17.2 Å². The van der Waals surface area contributed by atoms with E-state index in [1.807, 2.05) is 0 Å². The number of rotatable bonds is 3. The summed E-state index contributed by atoms with van der Waals surface area (Å²) in [5.41, 5.74) is 8.94. The molecular weight excluding hydrogens is 186 g/mol. The minimum Gasteiger partial charge on any atom is -0.332 e. The van der Waals surface area contributed by atoms with E-state index in [9.17, 15) is 0 Å². The van der Waals surface area contributed by atoms with Gasteiger partial charge in [0.2, 0.25) is 0 Å². The largest absolute Gasteiger partial charge is 0.332 e. The maximum atomic E-state index is 6.10. The van der Waals surface area contributed by atoms with Crippen molar-refractivity contribution in [3.8, 4) is 0 Å². The standard InChI is InChI=1S/C12H19N3/c1-9-10(4-5-12(13)6-7-12)14-11-3-2-8-15(9)11/h2-8,13H2,1H3. The number of aryl methyl sites for hydroxylation is 2. The van der Waals surface area contributed by atoms with Crippen molar-refractivity contribution in [2.75, 3.05) is 0 Å². The third-order valence-corrected chi connectivity index (χ3v) is 3.93. The number of fused-ring (bicyclic) bond motifs is 1. The predicted octanol–water partition coefficient (Wildman–Crippen LogP) is 1.56. The highest BCUT2D eigenvalue weighted by Crippen LogP contribution is 2.36. The zero-order valence-electron chi connectivity index (χ0n) is 9.42. The highest BCUT2D eigenvalue weighted by Gasteiger charge is 2.37. The lowest BCUT2D eigenvalue weighted by Crippen LogP contribution is -2.22. The first kappa shape index (κ1) is 9.40. The lowest BCUT2D eigenvalue weighted by molar-refractivity contribution is 0.600. The van der Waals surface area contributed by atoms with E-state index in [4.69, 9.17) is 10.7 Å². The summed E-state index contributed by atoms with van der Waals surface area (Å²) in [6, 6.07) is 0. The van der Waals surface area contributed by atoms with Gasteiger partial charge in [0.15, 0.2) is 0 Å². The molecule has 0 amide bonds. The Balaban J connectivity index is 1.75.